The number of ether oxygens (including phenoxy) is 2. The Labute approximate surface area is 115 Å². The molecule has 1 aromatic heterocycles. The lowest BCUT2D eigenvalue weighted by Gasteiger charge is -2.10. The van der Waals surface area contributed by atoms with Gasteiger partial charge in [-0.2, -0.15) is 0 Å². The molecule has 0 aliphatic heterocycles. The molecule has 0 radical (unpaired) electrons. The Morgan fingerprint density at radius 3 is 2.78 bits per heavy atom. The molecule has 1 aromatic carbocycles. The summed E-state index contributed by atoms with van der Waals surface area (Å²) in [5.41, 5.74) is 1.22. The van der Waals surface area contributed by atoms with E-state index < -0.39 is 0 Å². The Balaban J connectivity index is 2.08. The first-order valence-electron chi connectivity index (χ1n) is 5.63. The summed E-state index contributed by atoms with van der Waals surface area (Å²) in [6, 6.07) is 5.97. The smallest absolute Gasteiger partial charge is 0.183 e. The number of hydrogen-bond donors (Lipinski definition) is 0. The number of aromatic nitrogens is 1. The first-order chi connectivity index (χ1) is 8.72. The average Bonchev–Trinajstić information content (AvgIpc) is 2.82. The van der Waals surface area contributed by atoms with Gasteiger partial charge < -0.3 is 9.47 Å². The molecular weight excluding hydrogens is 270 g/mol. The van der Waals surface area contributed by atoms with Gasteiger partial charge in [0.15, 0.2) is 16.0 Å². The van der Waals surface area contributed by atoms with E-state index in [0.717, 1.165) is 22.8 Å². The Hall–Kier alpha value is -1.26. The van der Waals surface area contributed by atoms with Crippen molar-refractivity contribution in [2.45, 2.75) is 20.0 Å². The fraction of sp³-hybridized carbons (Fsp3) is 0.308. The van der Waals surface area contributed by atoms with Crippen molar-refractivity contribution >= 4 is 22.9 Å². The second kappa shape index (κ2) is 6.07. The minimum Gasteiger partial charge on any atom is -0.493 e. The maximum atomic E-state index is 5.77. The topological polar surface area (TPSA) is 31.4 Å². The molecule has 0 saturated heterocycles. The van der Waals surface area contributed by atoms with E-state index in [0.29, 0.717) is 11.1 Å². The van der Waals surface area contributed by atoms with Crippen LogP contribution in [0.1, 0.15) is 17.4 Å². The van der Waals surface area contributed by atoms with Crippen molar-refractivity contribution in [3.63, 3.8) is 0 Å². The predicted octanol–water partition coefficient (Wildman–Crippen LogP) is 3.95. The fourth-order valence-electron chi connectivity index (χ4n) is 1.55. The van der Waals surface area contributed by atoms with Crippen LogP contribution < -0.4 is 9.47 Å². The molecule has 0 amide bonds. The van der Waals surface area contributed by atoms with Crippen molar-refractivity contribution in [3.05, 3.63) is 39.3 Å². The van der Waals surface area contributed by atoms with Crippen molar-refractivity contribution in [2.24, 2.45) is 0 Å². The van der Waals surface area contributed by atoms with E-state index in [4.69, 9.17) is 21.1 Å². The molecule has 0 fully saturated rings. The number of methoxy groups -OCH3 is 1. The lowest BCUT2D eigenvalue weighted by Crippen LogP contribution is -1.96. The maximum Gasteiger partial charge on any atom is 0.183 e. The molecule has 0 atom stereocenters. The summed E-state index contributed by atoms with van der Waals surface area (Å²) in [5, 5.41) is 0. The van der Waals surface area contributed by atoms with Crippen molar-refractivity contribution in [3.8, 4) is 11.5 Å². The van der Waals surface area contributed by atoms with E-state index in [1.54, 1.807) is 13.3 Å². The molecule has 0 spiro atoms. The lowest BCUT2D eigenvalue weighted by atomic mass is 10.1. The van der Waals surface area contributed by atoms with Gasteiger partial charge in [-0.15, -0.1) is 11.3 Å². The lowest BCUT2D eigenvalue weighted by molar-refractivity contribution is 0.287. The van der Waals surface area contributed by atoms with Crippen LogP contribution in [0.2, 0.25) is 4.47 Å². The number of aryl methyl sites for hydroxylation is 1. The van der Waals surface area contributed by atoms with Crippen molar-refractivity contribution in [1.29, 1.82) is 0 Å². The summed E-state index contributed by atoms with van der Waals surface area (Å²) >= 11 is 7.18. The minimum atomic E-state index is 0.451. The number of rotatable bonds is 5. The summed E-state index contributed by atoms with van der Waals surface area (Å²) in [5.74, 6) is 1.49. The number of hydrogen-bond acceptors (Lipinski definition) is 4. The van der Waals surface area contributed by atoms with Gasteiger partial charge in [-0.3, -0.25) is 0 Å². The highest BCUT2D eigenvalue weighted by molar-refractivity contribution is 7.15. The Kier molecular flexibility index (Phi) is 4.44. The minimum absolute atomic E-state index is 0.451. The third-order valence-electron chi connectivity index (χ3n) is 2.53. The van der Waals surface area contributed by atoms with Crippen LogP contribution >= 0.6 is 22.9 Å². The van der Waals surface area contributed by atoms with Gasteiger partial charge in [0.1, 0.15) is 6.61 Å². The van der Waals surface area contributed by atoms with Crippen molar-refractivity contribution in [2.75, 3.05) is 7.11 Å². The molecule has 5 heteroatoms. The Morgan fingerprint density at radius 2 is 2.17 bits per heavy atom. The largest absolute Gasteiger partial charge is 0.493 e. The van der Waals surface area contributed by atoms with E-state index in [1.165, 1.54) is 16.9 Å². The van der Waals surface area contributed by atoms with Gasteiger partial charge >= 0.3 is 0 Å². The first-order valence-corrected chi connectivity index (χ1v) is 6.82. The standard InChI is InChI=1S/C13H14ClNO2S/c1-3-9-4-5-11(12(6-9)16-2)17-8-10-7-15-13(14)18-10/h4-7H,3,8H2,1-2H3. The van der Waals surface area contributed by atoms with Gasteiger partial charge in [-0.1, -0.05) is 24.6 Å². The summed E-state index contributed by atoms with van der Waals surface area (Å²) in [7, 11) is 1.64. The van der Waals surface area contributed by atoms with Gasteiger partial charge in [0.2, 0.25) is 0 Å². The molecule has 0 saturated carbocycles. The second-order valence-corrected chi connectivity index (χ2v) is 5.40. The molecule has 0 aliphatic carbocycles. The van der Waals surface area contributed by atoms with Crippen LogP contribution in [-0.2, 0) is 13.0 Å². The van der Waals surface area contributed by atoms with Crippen LogP contribution in [-0.4, -0.2) is 12.1 Å². The Bertz CT molecular complexity index is 527. The van der Waals surface area contributed by atoms with Crippen LogP contribution in [0.25, 0.3) is 0 Å². The fourth-order valence-corrected chi connectivity index (χ4v) is 2.44. The highest BCUT2D eigenvalue weighted by Gasteiger charge is 2.07. The number of nitrogens with zero attached hydrogens (tertiary/aromatic N) is 1. The normalized spacial score (nSPS) is 10.4. The van der Waals surface area contributed by atoms with Gasteiger partial charge in [0.05, 0.1) is 12.0 Å². The average molecular weight is 284 g/mol. The highest BCUT2D eigenvalue weighted by atomic mass is 35.5. The number of thiazole rings is 1. The third kappa shape index (κ3) is 3.15. The number of halogens is 1. The SMILES string of the molecule is CCc1ccc(OCc2cnc(Cl)s2)c(OC)c1. The third-order valence-corrected chi connectivity index (χ3v) is 3.62. The first kappa shape index (κ1) is 13.2. The van der Waals surface area contributed by atoms with Crippen LogP contribution in [0.4, 0.5) is 0 Å². The molecule has 0 unspecified atom stereocenters. The monoisotopic (exact) mass is 283 g/mol. The summed E-state index contributed by atoms with van der Waals surface area (Å²) in [6.07, 6.45) is 2.70. The zero-order chi connectivity index (χ0) is 13.0. The molecule has 3 nitrogen and oxygen atoms in total. The van der Waals surface area contributed by atoms with Gasteiger partial charge in [0.25, 0.3) is 0 Å². The summed E-state index contributed by atoms with van der Waals surface area (Å²) in [4.78, 5) is 4.96. The molecule has 0 bridgehead atoms. The molecule has 18 heavy (non-hydrogen) atoms. The number of benzene rings is 1. The molecular formula is C13H14ClNO2S. The molecule has 0 aliphatic rings. The molecule has 96 valence electrons. The van der Waals surface area contributed by atoms with Crippen molar-refractivity contribution in [1.82, 2.24) is 4.98 Å². The van der Waals surface area contributed by atoms with Crippen molar-refractivity contribution < 1.29 is 9.47 Å². The predicted molar refractivity (Wildman–Crippen MR) is 73.8 cm³/mol. The van der Waals surface area contributed by atoms with Crippen LogP contribution in [0.5, 0.6) is 11.5 Å². The zero-order valence-electron chi connectivity index (χ0n) is 10.3. The van der Waals surface area contributed by atoms with Crippen LogP contribution in [0, 0.1) is 0 Å². The van der Waals surface area contributed by atoms with Gasteiger partial charge in [-0.05, 0) is 24.1 Å². The Morgan fingerprint density at radius 1 is 1.33 bits per heavy atom. The second-order valence-electron chi connectivity index (χ2n) is 3.71. The maximum absolute atomic E-state index is 5.77. The molecule has 1 heterocycles. The summed E-state index contributed by atoms with van der Waals surface area (Å²) < 4.78 is 11.6. The quantitative estimate of drug-likeness (QED) is 0.833. The van der Waals surface area contributed by atoms with E-state index in [2.05, 4.69) is 11.9 Å². The summed E-state index contributed by atoms with van der Waals surface area (Å²) in [6.45, 7) is 2.56. The van der Waals surface area contributed by atoms with Gasteiger partial charge in [0, 0.05) is 6.20 Å². The van der Waals surface area contributed by atoms with E-state index in [1.807, 2.05) is 18.2 Å². The van der Waals surface area contributed by atoms with Crippen LogP contribution in [0.15, 0.2) is 24.4 Å². The van der Waals surface area contributed by atoms with E-state index in [9.17, 15) is 0 Å². The highest BCUT2D eigenvalue weighted by Crippen LogP contribution is 2.29. The van der Waals surface area contributed by atoms with E-state index >= 15 is 0 Å². The molecule has 0 N–H and O–H groups in total. The molecule has 2 rings (SSSR count). The molecule has 2 aromatic rings. The van der Waals surface area contributed by atoms with E-state index in [-0.39, 0.29) is 0 Å². The van der Waals surface area contributed by atoms with Gasteiger partial charge in [-0.25, -0.2) is 4.98 Å². The van der Waals surface area contributed by atoms with Crippen LogP contribution in [0.3, 0.4) is 0 Å². The zero-order valence-corrected chi connectivity index (χ0v) is 11.8.